The summed E-state index contributed by atoms with van der Waals surface area (Å²) >= 11 is 5.97. The zero-order chi connectivity index (χ0) is 18.1. The number of nitrogens with zero attached hydrogens (tertiary/aromatic N) is 4. The second-order valence-electron chi connectivity index (χ2n) is 6.89. The van der Waals surface area contributed by atoms with Gasteiger partial charge in [-0.15, -0.1) is 0 Å². The van der Waals surface area contributed by atoms with E-state index < -0.39 is 0 Å². The number of fused-ring (bicyclic) bond motifs is 1. The van der Waals surface area contributed by atoms with E-state index in [0.717, 1.165) is 50.4 Å². The van der Waals surface area contributed by atoms with Gasteiger partial charge in [0.2, 0.25) is 5.95 Å². The second kappa shape index (κ2) is 7.21. The average Bonchev–Trinajstić information content (AvgIpc) is 2.64. The van der Waals surface area contributed by atoms with Gasteiger partial charge < -0.3 is 15.1 Å². The number of hydrogen-bond acceptors (Lipinski definition) is 6. The first-order valence-electron chi connectivity index (χ1n) is 9.00. The second-order valence-corrected chi connectivity index (χ2v) is 7.33. The minimum absolute atomic E-state index is 0.118. The molecular weight excluding hydrogens is 350 g/mol. The predicted octanol–water partition coefficient (Wildman–Crippen LogP) is 3.14. The minimum atomic E-state index is 0.118. The van der Waals surface area contributed by atoms with Gasteiger partial charge in [0.05, 0.1) is 11.3 Å². The van der Waals surface area contributed by atoms with Crippen LogP contribution < -0.4 is 10.2 Å². The SMILES string of the molecule is CN1CCN(c2nc3c(c(Nc4ccc(Cl)cc4)n2)C(=O)CCC3)CC1. The van der Waals surface area contributed by atoms with E-state index in [9.17, 15) is 4.79 Å². The predicted molar refractivity (Wildman–Crippen MR) is 104 cm³/mol. The smallest absolute Gasteiger partial charge is 0.227 e. The van der Waals surface area contributed by atoms with Crippen LogP contribution in [0.1, 0.15) is 28.9 Å². The molecule has 1 N–H and O–H groups in total. The zero-order valence-electron chi connectivity index (χ0n) is 14.8. The van der Waals surface area contributed by atoms with Crippen LogP contribution in [0.3, 0.4) is 0 Å². The molecule has 7 heteroatoms. The molecule has 1 aliphatic heterocycles. The number of ketones is 1. The van der Waals surface area contributed by atoms with Crippen LogP contribution in [-0.2, 0) is 6.42 Å². The molecule has 0 atom stereocenters. The highest BCUT2D eigenvalue weighted by molar-refractivity contribution is 6.30. The fourth-order valence-corrected chi connectivity index (χ4v) is 3.54. The van der Waals surface area contributed by atoms with Gasteiger partial charge in [-0.2, -0.15) is 4.98 Å². The molecule has 4 rings (SSSR count). The van der Waals surface area contributed by atoms with Crippen LogP contribution in [0, 0.1) is 0 Å². The van der Waals surface area contributed by atoms with Gasteiger partial charge in [-0.3, -0.25) is 4.79 Å². The number of piperazine rings is 1. The number of hydrogen-bond donors (Lipinski definition) is 1. The van der Waals surface area contributed by atoms with Crippen molar-refractivity contribution in [3.8, 4) is 0 Å². The van der Waals surface area contributed by atoms with Crippen LogP contribution in [0.5, 0.6) is 0 Å². The van der Waals surface area contributed by atoms with E-state index in [-0.39, 0.29) is 5.78 Å². The Bertz CT molecular complexity index is 815. The summed E-state index contributed by atoms with van der Waals surface area (Å²) in [6.07, 6.45) is 2.23. The number of Topliss-reactive ketones (excluding diaryl/α,β-unsaturated/α-hetero) is 1. The molecule has 0 unspecified atom stereocenters. The Morgan fingerprint density at radius 3 is 2.50 bits per heavy atom. The van der Waals surface area contributed by atoms with E-state index in [4.69, 9.17) is 21.6 Å². The molecule has 0 radical (unpaired) electrons. The summed E-state index contributed by atoms with van der Waals surface area (Å²) in [5.74, 6) is 1.44. The van der Waals surface area contributed by atoms with Gasteiger partial charge in [-0.25, -0.2) is 4.98 Å². The molecule has 1 saturated heterocycles. The maximum Gasteiger partial charge on any atom is 0.227 e. The molecule has 2 aromatic rings. The molecule has 0 saturated carbocycles. The van der Waals surface area contributed by atoms with Gasteiger partial charge in [0.1, 0.15) is 5.82 Å². The van der Waals surface area contributed by atoms with Crippen LogP contribution in [0.4, 0.5) is 17.5 Å². The largest absolute Gasteiger partial charge is 0.339 e. The summed E-state index contributed by atoms with van der Waals surface area (Å²) in [4.78, 5) is 26.5. The Morgan fingerprint density at radius 1 is 1.04 bits per heavy atom. The maximum atomic E-state index is 12.5. The molecule has 0 bridgehead atoms. The van der Waals surface area contributed by atoms with Crippen molar-refractivity contribution in [2.75, 3.05) is 43.4 Å². The van der Waals surface area contributed by atoms with Crippen molar-refractivity contribution in [2.24, 2.45) is 0 Å². The lowest BCUT2D eigenvalue weighted by Crippen LogP contribution is -2.45. The summed E-state index contributed by atoms with van der Waals surface area (Å²) in [5, 5.41) is 3.99. The van der Waals surface area contributed by atoms with Crippen molar-refractivity contribution in [3.05, 3.63) is 40.5 Å². The molecule has 2 aliphatic rings. The molecule has 1 aliphatic carbocycles. The molecule has 0 spiro atoms. The Labute approximate surface area is 158 Å². The number of likely N-dealkylation sites (N-methyl/N-ethyl adjacent to an activating group) is 1. The van der Waals surface area contributed by atoms with Gasteiger partial charge >= 0.3 is 0 Å². The lowest BCUT2D eigenvalue weighted by atomic mass is 9.95. The van der Waals surface area contributed by atoms with Gasteiger partial charge in [-0.1, -0.05) is 11.6 Å². The lowest BCUT2D eigenvalue weighted by Gasteiger charge is -2.33. The van der Waals surface area contributed by atoms with E-state index >= 15 is 0 Å². The number of aromatic nitrogens is 2. The highest BCUT2D eigenvalue weighted by Gasteiger charge is 2.27. The normalized spacial score (nSPS) is 17.9. The Morgan fingerprint density at radius 2 is 1.77 bits per heavy atom. The third-order valence-electron chi connectivity index (χ3n) is 4.96. The van der Waals surface area contributed by atoms with E-state index in [1.807, 2.05) is 24.3 Å². The van der Waals surface area contributed by atoms with E-state index in [0.29, 0.717) is 28.8 Å². The van der Waals surface area contributed by atoms with Crippen LogP contribution >= 0.6 is 11.6 Å². The summed E-state index contributed by atoms with van der Waals surface area (Å²) in [5.41, 5.74) is 2.36. The number of carbonyl (C=O) groups excluding carboxylic acids is 1. The highest BCUT2D eigenvalue weighted by Crippen LogP contribution is 2.30. The Balaban J connectivity index is 1.71. The Hall–Kier alpha value is -2.18. The fraction of sp³-hybridized carbons (Fsp3) is 0.421. The van der Waals surface area contributed by atoms with Crippen LogP contribution in [0.15, 0.2) is 24.3 Å². The van der Waals surface area contributed by atoms with Gasteiger partial charge in [0.15, 0.2) is 5.78 Å². The fourth-order valence-electron chi connectivity index (χ4n) is 3.42. The maximum absolute atomic E-state index is 12.5. The first-order chi connectivity index (χ1) is 12.6. The number of benzene rings is 1. The standard InChI is InChI=1S/C19H22ClN5O/c1-24-9-11-25(12-10-24)19-22-15-3-2-4-16(26)17(15)18(23-19)21-14-7-5-13(20)6-8-14/h5-8H,2-4,9-12H2,1H3,(H,21,22,23). The van der Waals surface area contributed by atoms with Crippen molar-refractivity contribution in [1.29, 1.82) is 0 Å². The van der Waals surface area contributed by atoms with Crippen molar-refractivity contribution < 1.29 is 4.79 Å². The van der Waals surface area contributed by atoms with Crippen LogP contribution in [0.25, 0.3) is 0 Å². The molecule has 1 aromatic heterocycles. The quantitative estimate of drug-likeness (QED) is 0.894. The monoisotopic (exact) mass is 371 g/mol. The summed E-state index contributed by atoms with van der Waals surface area (Å²) in [7, 11) is 2.12. The molecule has 1 fully saturated rings. The average molecular weight is 372 g/mol. The van der Waals surface area contributed by atoms with Crippen molar-refractivity contribution in [2.45, 2.75) is 19.3 Å². The number of anilines is 3. The topological polar surface area (TPSA) is 61.4 Å². The van der Waals surface area contributed by atoms with Crippen LogP contribution in [-0.4, -0.2) is 53.9 Å². The van der Waals surface area contributed by atoms with Crippen molar-refractivity contribution in [1.82, 2.24) is 14.9 Å². The third-order valence-corrected chi connectivity index (χ3v) is 5.21. The summed E-state index contributed by atoms with van der Waals surface area (Å²) in [6, 6.07) is 7.42. The van der Waals surface area contributed by atoms with Crippen LogP contribution in [0.2, 0.25) is 5.02 Å². The first kappa shape index (κ1) is 17.2. The molecule has 6 nitrogen and oxygen atoms in total. The number of rotatable bonds is 3. The molecule has 136 valence electrons. The van der Waals surface area contributed by atoms with E-state index in [1.54, 1.807) is 0 Å². The molecular formula is C19H22ClN5O. The van der Waals surface area contributed by atoms with Gasteiger partial charge in [0.25, 0.3) is 0 Å². The first-order valence-corrected chi connectivity index (χ1v) is 9.38. The highest BCUT2D eigenvalue weighted by atomic mass is 35.5. The number of aryl methyl sites for hydroxylation is 1. The zero-order valence-corrected chi connectivity index (χ0v) is 15.6. The summed E-state index contributed by atoms with van der Waals surface area (Å²) in [6.45, 7) is 3.76. The van der Waals surface area contributed by atoms with Crippen molar-refractivity contribution >= 4 is 34.8 Å². The van der Waals surface area contributed by atoms with Gasteiger partial charge in [0, 0.05) is 43.3 Å². The molecule has 1 aromatic carbocycles. The minimum Gasteiger partial charge on any atom is -0.339 e. The Kier molecular flexibility index (Phi) is 4.78. The summed E-state index contributed by atoms with van der Waals surface area (Å²) < 4.78 is 0. The molecule has 2 heterocycles. The number of nitrogens with one attached hydrogen (secondary N) is 1. The molecule has 0 amide bonds. The van der Waals surface area contributed by atoms with E-state index in [2.05, 4.69) is 22.2 Å². The number of carbonyl (C=O) groups is 1. The lowest BCUT2D eigenvalue weighted by molar-refractivity contribution is 0.0972. The molecule has 26 heavy (non-hydrogen) atoms. The van der Waals surface area contributed by atoms with E-state index in [1.165, 1.54) is 0 Å². The third kappa shape index (κ3) is 3.52. The van der Waals surface area contributed by atoms with Crippen molar-refractivity contribution in [3.63, 3.8) is 0 Å². The number of halogens is 1. The van der Waals surface area contributed by atoms with Gasteiger partial charge in [-0.05, 0) is 44.2 Å².